The predicted octanol–water partition coefficient (Wildman–Crippen LogP) is 1.91. The third-order valence-corrected chi connectivity index (χ3v) is 3.56. The molecular weight excluding hydrogens is 255 g/mol. The van der Waals surface area contributed by atoms with Crippen molar-refractivity contribution < 1.29 is 9.18 Å². The molecule has 3 N–H and O–H groups in total. The summed E-state index contributed by atoms with van der Waals surface area (Å²) < 4.78 is 13.2. The van der Waals surface area contributed by atoms with Crippen molar-refractivity contribution in [2.45, 2.75) is 19.8 Å². The first-order chi connectivity index (χ1) is 9.61. The smallest absolute Gasteiger partial charge is 0.252 e. The van der Waals surface area contributed by atoms with E-state index in [1.54, 1.807) is 0 Å². The van der Waals surface area contributed by atoms with Crippen LogP contribution in [0.1, 0.15) is 35.7 Å². The molecule has 106 valence electrons. The normalized spacial score (nSPS) is 15.2. The van der Waals surface area contributed by atoms with Crippen LogP contribution in [0, 0.1) is 29.5 Å². The highest BCUT2D eigenvalue weighted by Crippen LogP contribution is 2.36. The molecule has 1 amide bonds. The lowest BCUT2D eigenvalue weighted by molar-refractivity contribution is 0.0946. The van der Waals surface area contributed by atoms with E-state index in [1.165, 1.54) is 31.0 Å². The molecule has 0 heterocycles. The van der Waals surface area contributed by atoms with E-state index in [1.807, 2.05) is 0 Å². The maximum atomic E-state index is 13.2. The fraction of sp³-hybridized carbons (Fsp3) is 0.438. The minimum Gasteiger partial charge on any atom is -0.352 e. The van der Waals surface area contributed by atoms with E-state index in [0.717, 1.165) is 5.92 Å². The van der Waals surface area contributed by atoms with Gasteiger partial charge < -0.3 is 11.1 Å². The average molecular weight is 274 g/mol. The molecule has 0 spiro atoms. The highest BCUT2D eigenvalue weighted by atomic mass is 19.1. The summed E-state index contributed by atoms with van der Waals surface area (Å²) in [5, 5.41) is 2.90. The number of carbonyl (C=O) groups excluding carboxylic acids is 1. The van der Waals surface area contributed by atoms with Crippen molar-refractivity contribution in [2.24, 2.45) is 17.6 Å². The van der Waals surface area contributed by atoms with Gasteiger partial charge in [0.05, 0.1) is 12.1 Å². The Labute approximate surface area is 118 Å². The topological polar surface area (TPSA) is 55.1 Å². The monoisotopic (exact) mass is 274 g/mol. The highest BCUT2D eigenvalue weighted by molar-refractivity contribution is 5.96. The Morgan fingerprint density at radius 2 is 2.30 bits per heavy atom. The summed E-state index contributed by atoms with van der Waals surface area (Å²) in [6.07, 6.45) is 2.50. The van der Waals surface area contributed by atoms with Gasteiger partial charge in [0.1, 0.15) is 5.82 Å². The van der Waals surface area contributed by atoms with Crippen molar-refractivity contribution in [3.8, 4) is 11.8 Å². The van der Waals surface area contributed by atoms with Crippen LogP contribution in [0.3, 0.4) is 0 Å². The first kappa shape index (κ1) is 14.5. The van der Waals surface area contributed by atoms with Gasteiger partial charge >= 0.3 is 0 Å². The zero-order valence-electron chi connectivity index (χ0n) is 11.6. The molecular formula is C16H19FN2O. The van der Waals surface area contributed by atoms with Gasteiger partial charge in [-0.15, -0.1) is 0 Å². The third-order valence-electron chi connectivity index (χ3n) is 3.56. The number of benzene rings is 1. The van der Waals surface area contributed by atoms with Crippen LogP contribution in [-0.4, -0.2) is 19.0 Å². The van der Waals surface area contributed by atoms with Crippen molar-refractivity contribution in [3.63, 3.8) is 0 Å². The van der Waals surface area contributed by atoms with Gasteiger partial charge in [0.25, 0.3) is 5.91 Å². The van der Waals surface area contributed by atoms with Gasteiger partial charge in [0.2, 0.25) is 0 Å². The Balaban J connectivity index is 2.07. The molecule has 1 atom stereocenters. The van der Waals surface area contributed by atoms with E-state index in [9.17, 15) is 9.18 Å². The molecule has 1 aromatic rings. The van der Waals surface area contributed by atoms with Crippen LogP contribution < -0.4 is 11.1 Å². The highest BCUT2D eigenvalue weighted by Gasteiger charge is 2.28. The summed E-state index contributed by atoms with van der Waals surface area (Å²) in [6, 6.07) is 4.00. The lowest BCUT2D eigenvalue weighted by Crippen LogP contribution is -2.29. The largest absolute Gasteiger partial charge is 0.352 e. The number of amides is 1. The second-order valence-corrected chi connectivity index (χ2v) is 5.22. The fourth-order valence-corrected chi connectivity index (χ4v) is 2.14. The van der Waals surface area contributed by atoms with Crippen LogP contribution >= 0.6 is 0 Å². The quantitative estimate of drug-likeness (QED) is 0.824. The fourth-order valence-electron chi connectivity index (χ4n) is 2.14. The molecule has 1 aliphatic carbocycles. The summed E-state index contributed by atoms with van der Waals surface area (Å²) >= 11 is 0. The molecule has 0 bridgehead atoms. The SMILES string of the molecule is CC(CNC(=O)c1ccc(F)cc1C#CCN)C1CC1. The molecule has 20 heavy (non-hydrogen) atoms. The van der Waals surface area contributed by atoms with E-state index < -0.39 is 5.82 Å². The van der Waals surface area contributed by atoms with Crippen LogP contribution in [0.2, 0.25) is 0 Å². The third kappa shape index (κ3) is 3.82. The summed E-state index contributed by atoms with van der Waals surface area (Å²) in [5.41, 5.74) is 6.09. The van der Waals surface area contributed by atoms with Crippen molar-refractivity contribution in [1.82, 2.24) is 5.32 Å². The number of hydrogen-bond acceptors (Lipinski definition) is 2. The minimum atomic E-state index is -0.408. The molecule has 0 saturated heterocycles. The number of nitrogens with one attached hydrogen (secondary N) is 1. The van der Waals surface area contributed by atoms with Crippen molar-refractivity contribution >= 4 is 5.91 Å². The molecule has 4 heteroatoms. The van der Waals surface area contributed by atoms with Crippen LogP contribution in [-0.2, 0) is 0 Å². The molecule has 1 aliphatic rings. The number of halogens is 1. The molecule has 1 fully saturated rings. The minimum absolute atomic E-state index is 0.177. The summed E-state index contributed by atoms with van der Waals surface area (Å²) in [4.78, 5) is 12.2. The Morgan fingerprint density at radius 3 is 2.95 bits per heavy atom. The number of rotatable bonds is 4. The van der Waals surface area contributed by atoms with Gasteiger partial charge in [0.15, 0.2) is 0 Å². The van der Waals surface area contributed by atoms with Gasteiger partial charge in [-0.1, -0.05) is 18.8 Å². The first-order valence-corrected chi connectivity index (χ1v) is 6.88. The molecule has 1 unspecified atom stereocenters. The zero-order valence-corrected chi connectivity index (χ0v) is 11.6. The van der Waals surface area contributed by atoms with Crippen LogP contribution in [0.25, 0.3) is 0 Å². The Kier molecular flexibility index (Phi) is 4.75. The number of carbonyl (C=O) groups is 1. The van der Waals surface area contributed by atoms with E-state index in [2.05, 4.69) is 24.1 Å². The van der Waals surface area contributed by atoms with E-state index in [-0.39, 0.29) is 12.5 Å². The summed E-state index contributed by atoms with van der Waals surface area (Å²) in [6.45, 7) is 2.96. The molecule has 0 radical (unpaired) electrons. The molecule has 2 rings (SSSR count). The zero-order chi connectivity index (χ0) is 14.5. The Morgan fingerprint density at radius 1 is 1.55 bits per heavy atom. The second kappa shape index (κ2) is 6.53. The molecule has 1 aromatic carbocycles. The van der Waals surface area contributed by atoms with Crippen molar-refractivity contribution in [2.75, 3.05) is 13.1 Å². The maximum Gasteiger partial charge on any atom is 0.252 e. The van der Waals surface area contributed by atoms with E-state index in [0.29, 0.717) is 23.6 Å². The van der Waals surface area contributed by atoms with Crippen LogP contribution in [0.5, 0.6) is 0 Å². The van der Waals surface area contributed by atoms with Crippen LogP contribution in [0.4, 0.5) is 4.39 Å². The van der Waals surface area contributed by atoms with Gasteiger partial charge in [-0.3, -0.25) is 4.79 Å². The van der Waals surface area contributed by atoms with E-state index >= 15 is 0 Å². The molecule has 1 saturated carbocycles. The second-order valence-electron chi connectivity index (χ2n) is 5.22. The summed E-state index contributed by atoms with van der Waals surface area (Å²) in [7, 11) is 0. The number of hydrogen-bond donors (Lipinski definition) is 2. The molecule has 3 nitrogen and oxygen atoms in total. The lowest BCUT2D eigenvalue weighted by atomic mass is 10.0. The maximum absolute atomic E-state index is 13.2. The van der Waals surface area contributed by atoms with Crippen LogP contribution in [0.15, 0.2) is 18.2 Å². The first-order valence-electron chi connectivity index (χ1n) is 6.88. The molecule has 0 aromatic heterocycles. The molecule has 0 aliphatic heterocycles. The predicted molar refractivity (Wildman–Crippen MR) is 76.6 cm³/mol. The van der Waals surface area contributed by atoms with Crippen molar-refractivity contribution in [3.05, 3.63) is 35.1 Å². The van der Waals surface area contributed by atoms with E-state index in [4.69, 9.17) is 5.73 Å². The van der Waals surface area contributed by atoms with Gasteiger partial charge in [0, 0.05) is 12.1 Å². The van der Waals surface area contributed by atoms with Gasteiger partial charge in [-0.25, -0.2) is 4.39 Å². The Hall–Kier alpha value is -1.86. The Bertz CT molecular complexity index is 555. The number of nitrogens with two attached hydrogens (primary N) is 1. The van der Waals surface area contributed by atoms with Crippen molar-refractivity contribution in [1.29, 1.82) is 0 Å². The lowest BCUT2D eigenvalue weighted by Gasteiger charge is -2.12. The average Bonchev–Trinajstić information content (AvgIpc) is 3.26. The standard InChI is InChI=1S/C16H19FN2O/c1-11(12-4-5-12)10-19-16(20)15-7-6-14(17)9-13(15)3-2-8-18/h6-7,9,11-12H,4-5,8,10,18H2,1H3,(H,19,20). The summed E-state index contributed by atoms with van der Waals surface area (Å²) in [5.74, 6) is 6.00. The van der Waals surface area contributed by atoms with Gasteiger partial charge in [-0.2, -0.15) is 0 Å². The van der Waals surface area contributed by atoms with Gasteiger partial charge in [-0.05, 0) is 42.9 Å².